The molecule has 2 aliphatic carbocycles. The highest BCUT2D eigenvalue weighted by atomic mass is 28.2. The van der Waals surface area contributed by atoms with Crippen molar-refractivity contribution in [2.24, 2.45) is 17.8 Å². The minimum absolute atomic E-state index is 0.299. The summed E-state index contributed by atoms with van der Waals surface area (Å²) in [6.45, 7) is 4.72. The minimum Gasteiger partial charge on any atom is -0.0657 e. The normalized spacial score (nSPS) is 36.9. The molecule has 0 aromatic carbocycles. The summed E-state index contributed by atoms with van der Waals surface area (Å²) in [5, 5.41) is 0. The van der Waals surface area contributed by atoms with Gasteiger partial charge in [-0.05, 0) is 30.6 Å². The van der Waals surface area contributed by atoms with Crippen LogP contribution in [-0.2, 0) is 0 Å². The molecule has 19 heavy (non-hydrogen) atoms. The van der Waals surface area contributed by atoms with Crippen molar-refractivity contribution in [3.8, 4) is 0 Å². The quantitative estimate of drug-likeness (QED) is 0.558. The van der Waals surface area contributed by atoms with E-state index < -0.39 is 0 Å². The summed E-state index contributed by atoms with van der Waals surface area (Å²) in [6, 6.07) is 1.61. The van der Waals surface area contributed by atoms with Crippen LogP contribution in [0.3, 0.4) is 0 Å². The predicted octanol–water partition coefficient (Wildman–Crippen LogP) is 5.57. The molecule has 0 heterocycles. The van der Waals surface area contributed by atoms with Crippen molar-refractivity contribution in [2.45, 2.75) is 96.1 Å². The molecule has 112 valence electrons. The molecule has 0 atom stereocenters. The van der Waals surface area contributed by atoms with Crippen molar-refractivity contribution in [1.29, 1.82) is 0 Å². The van der Waals surface area contributed by atoms with Gasteiger partial charge >= 0.3 is 0 Å². The summed E-state index contributed by atoms with van der Waals surface area (Å²) in [5.41, 5.74) is 1.23. The molecule has 2 aliphatic rings. The average molecular weight is 281 g/mol. The van der Waals surface area contributed by atoms with Gasteiger partial charge in [-0.3, -0.25) is 0 Å². The Balaban J connectivity index is 1.65. The molecule has 0 N–H and O–H groups in total. The molecule has 0 bridgehead atoms. The van der Waals surface area contributed by atoms with Gasteiger partial charge in [0.1, 0.15) is 0 Å². The first kappa shape index (κ1) is 15.6. The maximum absolute atomic E-state index is 2.37. The van der Waals surface area contributed by atoms with Gasteiger partial charge < -0.3 is 0 Å². The summed E-state index contributed by atoms with van der Waals surface area (Å²) in [7, 11) is 0.299. The topological polar surface area (TPSA) is 0 Å². The molecular weight excluding hydrogens is 244 g/mol. The van der Waals surface area contributed by atoms with Crippen LogP contribution in [0.5, 0.6) is 0 Å². The summed E-state index contributed by atoms with van der Waals surface area (Å²) in [6.07, 6.45) is 17.1. The van der Waals surface area contributed by atoms with Crippen LogP contribution in [0.2, 0.25) is 11.6 Å². The second-order valence-electron chi connectivity index (χ2n) is 7.49. The van der Waals surface area contributed by atoms with Crippen molar-refractivity contribution in [3.63, 3.8) is 0 Å². The molecule has 2 fully saturated rings. The van der Waals surface area contributed by atoms with Gasteiger partial charge in [-0.1, -0.05) is 83.2 Å². The lowest BCUT2D eigenvalue weighted by Crippen LogP contribution is -2.25. The SMILES string of the molecule is CCC[SiH2]C1CCC(C2CCC(CCC)CC2)CC1. The van der Waals surface area contributed by atoms with Crippen LogP contribution in [0.1, 0.15) is 84.5 Å². The van der Waals surface area contributed by atoms with Crippen molar-refractivity contribution in [1.82, 2.24) is 0 Å². The van der Waals surface area contributed by atoms with Crippen LogP contribution in [0.25, 0.3) is 0 Å². The zero-order chi connectivity index (χ0) is 13.5. The van der Waals surface area contributed by atoms with Crippen molar-refractivity contribution >= 4 is 9.52 Å². The molecule has 1 heteroatoms. The molecule has 0 radical (unpaired) electrons. The summed E-state index contributed by atoms with van der Waals surface area (Å²) in [4.78, 5) is 0. The summed E-state index contributed by atoms with van der Waals surface area (Å²) in [5.74, 6) is 3.35. The highest BCUT2D eigenvalue weighted by molar-refractivity contribution is 6.37. The van der Waals surface area contributed by atoms with E-state index in [9.17, 15) is 0 Å². The summed E-state index contributed by atoms with van der Waals surface area (Å²) >= 11 is 0. The molecule has 0 amide bonds. The maximum Gasteiger partial charge on any atom is 0.0231 e. The van der Waals surface area contributed by atoms with Crippen molar-refractivity contribution < 1.29 is 0 Å². The van der Waals surface area contributed by atoms with E-state index in [1.165, 1.54) is 24.8 Å². The van der Waals surface area contributed by atoms with E-state index in [0.29, 0.717) is 9.52 Å². The Morgan fingerprint density at radius 3 is 1.84 bits per heavy atom. The lowest BCUT2D eigenvalue weighted by Gasteiger charge is -2.38. The van der Waals surface area contributed by atoms with E-state index in [1.807, 2.05) is 0 Å². The number of hydrogen-bond donors (Lipinski definition) is 0. The van der Waals surface area contributed by atoms with Crippen LogP contribution >= 0.6 is 0 Å². The fraction of sp³-hybridized carbons (Fsp3) is 1.00. The van der Waals surface area contributed by atoms with Gasteiger partial charge in [0.2, 0.25) is 0 Å². The van der Waals surface area contributed by atoms with E-state index in [-0.39, 0.29) is 0 Å². The highest BCUT2D eigenvalue weighted by Gasteiger charge is 2.30. The van der Waals surface area contributed by atoms with Crippen molar-refractivity contribution in [2.75, 3.05) is 0 Å². The lowest BCUT2D eigenvalue weighted by molar-refractivity contribution is 0.163. The van der Waals surface area contributed by atoms with E-state index in [1.54, 1.807) is 57.4 Å². The van der Waals surface area contributed by atoms with Crippen LogP contribution in [0, 0.1) is 17.8 Å². The predicted molar refractivity (Wildman–Crippen MR) is 89.7 cm³/mol. The van der Waals surface area contributed by atoms with E-state index >= 15 is 0 Å². The standard InChI is InChI=1S/C18H36Si/c1-3-5-15-6-8-16(9-7-15)17-10-12-18(13-11-17)19-14-4-2/h15-18H,3-14,19H2,1-2H3. The first-order valence-corrected chi connectivity index (χ1v) is 11.1. The van der Waals surface area contributed by atoms with Gasteiger partial charge in [-0.2, -0.15) is 0 Å². The molecule has 2 saturated carbocycles. The number of hydrogen-bond acceptors (Lipinski definition) is 0. The molecular formula is C18H36Si. The third-order valence-electron chi connectivity index (χ3n) is 6.11. The number of rotatable bonds is 6. The Morgan fingerprint density at radius 1 is 0.737 bits per heavy atom. The zero-order valence-corrected chi connectivity index (χ0v) is 14.9. The molecule has 0 aliphatic heterocycles. The average Bonchev–Trinajstić information content (AvgIpc) is 2.47. The van der Waals surface area contributed by atoms with Gasteiger partial charge in [0, 0.05) is 9.52 Å². The van der Waals surface area contributed by atoms with Gasteiger partial charge in [0.25, 0.3) is 0 Å². The maximum atomic E-state index is 2.37. The van der Waals surface area contributed by atoms with E-state index in [4.69, 9.17) is 0 Å². The van der Waals surface area contributed by atoms with Crippen molar-refractivity contribution in [3.05, 3.63) is 0 Å². The first-order chi connectivity index (χ1) is 9.33. The fourth-order valence-electron chi connectivity index (χ4n) is 4.80. The summed E-state index contributed by atoms with van der Waals surface area (Å²) < 4.78 is 0. The highest BCUT2D eigenvalue weighted by Crippen LogP contribution is 2.43. The van der Waals surface area contributed by atoms with Crippen LogP contribution in [0.4, 0.5) is 0 Å². The van der Waals surface area contributed by atoms with E-state index in [0.717, 1.165) is 17.8 Å². The smallest absolute Gasteiger partial charge is 0.0231 e. The molecule has 0 saturated heterocycles. The Labute approximate surface area is 124 Å². The molecule has 0 aromatic rings. The molecule has 0 spiro atoms. The Kier molecular flexibility index (Phi) is 6.97. The molecule has 0 nitrogen and oxygen atoms in total. The van der Waals surface area contributed by atoms with Gasteiger partial charge in [-0.25, -0.2) is 0 Å². The second-order valence-corrected chi connectivity index (χ2v) is 9.93. The van der Waals surface area contributed by atoms with Crippen LogP contribution < -0.4 is 0 Å². The Bertz CT molecular complexity index is 222. The fourth-order valence-corrected chi connectivity index (χ4v) is 6.83. The van der Waals surface area contributed by atoms with E-state index in [2.05, 4.69) is 13.8 Å². The van der Waals surface area contributed by atoms with Gasteiger partial charge in [0.15, 0.2) is 0 Å². The van der Waals surface area contributed by atoms with Crippen LogP contribution in [-0.4, -0.2) is 9.52 Å². The van der Waals surface area contributed by atoms with Crippen LogP contribution in [0.15, 0.2) is 0 Å². The van der Waals surface area contributed by atoms with Gasteiger partial charge in [-0.15, -0.1) is 0 Å². The third kappa shape index (κ3) is 4.92. The zero-order valence-electron chi connectivity index (χ0n) is 13.5. The largest absolute Gasteiger partial charge is 0.0657 e. The molecule has 0 aromatic heterocycles. The molecule has 0 unspecified atom stereocenters. The Morgan fingerprint density at radius 2 is 1.32 bits per heavy atom. The third-order valence-corrected chi connectivity index (χ3v) is 8.86. The first-order valence-electron chi connectivity index (χ1n) is 9.33. The monoisotopic (exact) mass is 280 g/mol. The lowest BCUT2D eigenvalue weighted by atomic mass is 9.70. The Hall–Kier alpha value is 0.217. The molecule has 2 rings (SSSR count). The van der Waals surface area contributed by atoms with Gasteiger partial charge in [0.05, 0.1) is 0 Å². The minimum atomic E-state index is 0.299. The second kappa shape index (κ2) is 8.49.